The molecule has 0 fully saturated rings. The maximum absolute atomic E-state index is 11.0. The van der Waals surface area contributed by atoms with E-state index in [0.717, 1.165) is 17.7 Å². The molecule has 0 aromatic heterocycles. The number of aliphatic hydroxyl groups is 1. The fourth-order valence-electron chi connectivity index (χ4n) is 3.47. The molecule has 1 aliphatic heterocycles. The number of anilines is 1. The molecule has 1 heterocycles. The molecule has 4 rings (SSSR count). The van der Waals surface area contributed by atoms with Crippen molar-refractivity contribution < 1.29 is 5.11 Å². The number of aliphatic hydroxyl groups excluding tert-OH is 1. The van der Waals surface area contributed by atoms with Gasteiger partial charge in [-0.25, -0.2) is 0 Å². The van der Waals surface area contributed by atoms with E-state index in [-0.39, 0.29) is 6.04 Å². The fraction of sp³-hybridized carbons (Fsp3) is 0.143. The normalized spacial score (nSPS) is 20.1. The van der Waals surface area contributed by atoms with Crippen LogP contribution in [0.3, 0.4) is 0 Å². The van der Waals surface area contributed by atoms with E-state index in [0.29, 0.717) is 0 Å². The second-order valence-corrected chi connectivity index (χ2v) is 5.95. The van der Waals surface area contributed by atoms with Crippen molar-refractivity contribution in [1.82, 2.24) is 0 Å². The number of hydrogen-bond acceptors (Lipinski definition) is 2. The first-order valence-corrected chi connectivity index (χ1v) is 7.99. The van der Waals surface area contributed by atoms with Gasteiger partial charge in [-0.2, -0.15) is 0 Å². The monoisotopic (exact) mass is 301 g/mol. The molecule has 0 spiro atoms. The second kappa shape index (κ2) is 5.90. The van der Waals surface area contributed by atoms with Gasteiger partial charge >= 0.3 is 0 Å². The van der Waals surface area contributed by atoms with Gasteiger partial charge in [0.15, 0.2) is 6.23 Å². The predicted molar refractivity (Wildman–Crippen MR) is 93.2 cm³/mol. The van der Waals surface area contributed by atoms with Gasteiger partial charge in [-0.1, -0.05) is 72.8 Å². The molecule has 0 saturated heterocycles. The summed E-state index contributed by atoms with van der Waals surface area (Å²) >= 11 is 0. The first-order valence-electron chi connectivity index (χ1n) is 7.99. The smallest absolute Gasteiger partial charge is 0.154 e. The summed E-state index contributed by atoms with van der Waals surface area (Å²) in [6.07, 6.45) is 0.263. The van der Waals surface area contributed by atoms with Crippen LogP contribution in [0, 0.1) is 0 Å². The zero-order valence-electron chi connectivity index (χ0n) is 12.8. The Bertz CT molecular complexity index is 785. The Labute approximate surface area is 136 Å². The Morgan fingerprint density at radius 3 is 2.09 bits per heavy atom. The number of benzene rings is 3. The first-order chi connectivity index (χ1) is 11.3. The Morgan fingerprint density at radius 2 is 1.35 bits per heavy atom. The fourth-order valence-corrected chi connectivity index (χ4v) is 3.47. The largest absolute Gasteiger partial charge is 0.369 e. The average Bonchev–Trinajstić information content (AvgIpc) is 2.63. The molecule has 1 N–H and O–H groups in total. The summed E-state index contributed by atoms with van der Waals surface area (Å²) in [6, 6.07) is 28.9. The Kier molecular flexibility index (Phi) is 3.60. The minimum Gasteiger partial charge on any atom is -0.369 e. The number of rotatable bonds is 2. The van der Waals surface area contributed by atoms with E-state index in [2.05, 4.69) is 47.4 Å². The van der Waals surface area contributed by atoms with Crippen molar-refractivity contribution in [1.29, 1.82) is 0 Å². The molecule has 0 unspecified atom stereocenters. The zero-order valence-corrected chi connectivity index (χ0v) is 12.8. The lowest BCUT2D eigenvalue weighted by Gasteiger charge is -2.42. The Balaban J connectivity index is 1.85. The maximum atomic E-state index is 11.0. The summed E-state index contributed by atoms with van der Waals surface area (Å²) in [5.74, 6) is 0. The third-order valence-electron chi connectivity index (χ3n) is 4.58. The number of fused-ring (bicyclic) bond motifs is 1. The van der Waals surface area contributed by atoms with Crippen LogP contribution < -0.4 is 4.90 Å². The standard InChI is InChI=1S/C21H19NO/c23-21-19-14-8-7-11-17(19)15-20(16-9-3-1-4-10-16)22(21)18-12-5-2-6-13-18/h1-14,20-21,23H,15H2/t20-,21+/m1/s1. The van der Waals surface area contributed by atoms with Crippen molar-refractivity contribution in [2.75, 3.05) is 4.90 Å². The molecule has 114 valence electrons. The van der Waals surface area contributed by atoms with E-state index in [1.54, 1.807) is 0 Å². The van der Waals surface area contributed by atoms with Gasteiger partial charge in [0.1, 0.15) is 0 Å². The molecule has 3 aromatic carbocycles. The van der Waals surface area contributed by atoms with Crippen molar-refractivity contribution in [3.8, 4) is 0 Å². The summed E-state index contributed by atoms with van der Waals surface area (Å²) in [6.45, 7) is 0. The van der Waals surface area contributed by atoms with E-state index >= 15 is 0 Å². The van der Waals surface area contributed by atoms with Crippen LogP contribution in [0.4, 0.5) is 5.69 Å². The van der Waals surface area contributed by atoms with Crippen LogP contribution in [0.2, 0.25) is 0 Å². The van der Waals surface area contributed by atoms with Crippen LogP contribution in [0.15, 0.2) is 84.9 Å². The van der Waals surface area contributed by atoms with Gasteiger partial charge in [0.05, 0.1) is 6.04 Å². The first kappa shape index (κ1) is 14.0. The lowest BCUT2D eigenvalue weighted by molar-refractivity contribution is 0.150. The molecule has 0 amide bonds. The van der Waals surface area contributed by atoms with Gasteiger partial charge in [0.2, 0.25) is 0 Å². The van der Waals surface area contributed by atoms with Gasteiger partial charge in [0.25, 0.3) is 0 Å². The summed E-state index contributed by atoms with van der Waals surface area (Å²) < 4.78 is 0. The van der Waals surface area contributed by atoms with Crippen LogP contribution in [-0.4, -0.2) is 5.11 Å². The van der Waals surface area contributed by atoms with E-state index in [9.17, 15) is 5.11 Å². The number of para-hydroxylation sites is 1. The summed E-state index contributed by atoms with van der Waals surface area (Å²) in [5.41, 5.74) is 4.50. The lowest BCUT2D eigenvalue weighted by atomic mass is 9.88. The maximum Gasteiger partial charge on any atom is 0.154 e. The summed E-state index contributed by atoms with van der Waals surface area (Å²) in [5, 5.41) is 11.0. The van der Waals surface area contributed by atoms with E-state index in [1.807, 2.05) is 42.5 Å². The highest BCUT2D eigenvalue weighted by Crippen LogP contribution is 2.41. The molecule has 23 heavy (non-hydrogen) atoms. The van der Waals surface area contributed by atoms with Crippen molar-refractivity contribution in [3.05, 3.63) is 102 Å². The van der Waals surface area contributed by atoms with Gasteiger partial charge in [-0.3, -0.25) is 0 Å². The third kappa shape index (κ3) is 2.51. The topological polar surface area (TPSA) is 23.5 Å². The van der Waals surface area contributed by atoms with Crippen molar-refractivity contribution in [3.63, 3.8) is 0 Å². The van der Waals surface area contributed by atoms with Crippen molar-refractivity contribution >= 4 is 5.69 Å². The van der Waals surface area contributed by atoms with Crippen LogP contribution >= 0.6 is 0 Å². The van der Waals surface area contributed by atoms with Gasteiger partial charge in [-0.15, -0.1) is 0 Å². The molecule has 2 atom stereocenters. The molecular formula is C21H19NO. The predicted octanol–water partition coefficient (Wildman–Crippen LogP) is 4.48. The molecular weight excluding hydrogens is 282 g/mol. The molecule has 0 saturated carbocycles. The van der Waals surface area contributed by atoms with Crippen molar-refractivity contribution in [2.24, 2.45) is 0 Å². The minimum absolute atomic E-state index is 0.128. The van der Waals surface area contributed by atoms with Crippen LogP contribution in [0.5, 0.6) is 0 Å². The van der Waals surface area contributed by atoms with E-state index < -0.39 is 6.23 Å². The summed E-state index contributed by atoms with van der Waals surface area (Å²) in [4.78, 5) is 2.12. The Hall–Kier alpha value is -2.58. The van der Waals surface area contributed by atoms with Crippen LogP contribution in [-0.2, 0) is 6.42 Å². The van der Waals surface area contributed by atoms with E-state index in [1.165, 1.54) is 11.1 Å². The average molecular weight is 301 g/mol. The molecule has 3 aromatic rings. The second-order valence-electron chi connectivity index (χ2n) is 5.95. The molecule has 2 nitrogen and oxygen atoms in total. The molecule has 2 heteroatoms. The van der Waals surface area contributed by atoms with Gasteiger partial charge in [0, 0.05) is 11.3 Å². The van der Waals surface area contributed by atoms with Gasteiger partial charge in [-0.05, 0) is 29.7 Å². The molecule has 0 radical (unpaired) electrons. The van der Waals surface area contributed by atoms with E-state index in [4.69, 9.17) is 0 Å². The quantitative estimate of drug-likeness (QED) is 0.754. The highest BCUT2D eigenvalue weighted by Gasteiger charge is 2.33. The van der Waals surface area contributed by atoms with Gasteiger partial charge < -0.3 is 10.0 Å². The van der Waals surface area contributed by atoms with Crippen LogP contribution in [0.25, 0.3) is 0 Å². The Morgan fingerprint density at radius 1 is 0.739 bits per heavy atom. The summed E-state index contributed by atoms with van der Waals surface area (Å²) in [7, 11) is 0. The lowest BCUT2D eigenvalue weighted by Crippen LogP contribution is -2.38. The minimum atomic E-state index is -0.632. The van der Waals surface area contributed by atoms with Crippen LogP contribution in [0.1, 0.15) is 29.0 Å². The molecule has 1 aliphatic rings. The highest BCUT2D eigenvalue weighted by atomic mass is 16.3. The molecule has 0 aliphatic carbocycles. The number of hydrogen-bond donors (Lipinski definition) is 1. The number of nitrogens with zero attached hydrogens (tertiary/aromatic N) is 1. The van der Waals surface area contributed by atoms with Crippen molar-refractivity contribution in [2.45, 2.75) is 18.7 Å². The SMILES string of the molecule is O[C@H]1c2ccccc2C[C@H](c2ccccc2)N1c1ccccc1. The zero-order chi connectivity index (χ0) is 15.6. The third-order valence-corrected chi connectivity index (χ3v) is 4.58. The molecule has 0 bridgehead atoms. The highest BCUT2D eigenvalue weighted by molar-refractivity contribution is 5.54.